The SMILES string of the molecule is CCOC(=O)CCNC(=O)C(c1ccccc1O)N(CCO)C(=O)C(Cc1ccccc1)NC(=O)OC(C)(C)C. The minimum absolute atomic E-state index is 0.0683. The number of benzene rings is 2. The Balaban J connectivity index is 2.45. The molecule has 2 atom stereocenters. The van der Waals surface area contributed by atoms with E-state index in [9.17, 15) is 29.4 Å². The third-order valence-electron chi connectivity index (χ3n) is 5.62. The van der Waals surface area contributed by atoms with Gasteiger partial charge in [-0.15, -0.1) is 0 Å². The number of nitrogens with zero attached hydrogens (tertiary/aromatic N) is 1. The minimum Gasteiger partial charge on any atom is -0.508 e. The van der Waals surface area contributed by atoms with Gasteiger partial charge in [-0.2, -0.15) is 0 Å². The number of hydrogen-bond donors (Lipinski definition) is 4. The zero-order valence-corrected chi connectivity index (χ0v) is 23.4. The Morgan fingerprint density at radius 1 is 1.00 bits per heavy atom. The number of aliphatic hydroxyl groups is 1. The monoisotopic (exact) mass is 557 g/mol. The van der Waals surface area contributed by atoms with Crippen molar-refractivity contribution in [1.82, 2.24) is 15.5 Å². The number of aliphatic hydroxyl groups excluding tert-OH is 1. The van der Waals surface area contributed by atoms with Crippen LogP contribution in [-0.2, 0) is 30.3 Å². The summed E-state index contributed by atoms with van der Waals surface area (Å²) in [7, 11) is 0. The van der Waals surface area contributed by atoms with Crippen molar-refractivity contribution in [2.24, 2.45) is 0 Å². The second-order valence-corrected chi connectivity index (χ2v) is 9.95. The zero-order chi connectivity index (χ0) is 29.7. The van der Waals surface area contributed by atoms with Gasteiger partial charge >= 0.3 is 12.1 Å². The standard InChI is InChI=1S/C29H39N3O8/c1-5-39-24(35)15-16-30-26(36)25(21-13-9-10-14-23(21)34)32(17-18-33)27(37)22(19-20-11-7-6-8-12-20)31-28(38)40-29(2,3)4/h6-14,22,25,33-34H,5,15-19H2,1-4H3,(H,30,36)(H,31,38). The molecule has 0 saturated heterocycles. The summed E-state index contributed by atoms with van der Waals surface area (Å²) in [4.78, 5) is 53.1. The van der Waals surface area contributed by atoms with E-state index in [1.54, 1.807) is 64.1 Å². The van der Waals surface area contributed by atoms with Gasteiger partial charge in [0, 0.05) is 25.1 Å². The average molecular weight is 558 g/mol. The molecule has 0 fully saturated rings. The van der Waals surface area contributed by atoms with Crippen molar-refractivity contribution in [3.63, 3.8) is 0 Å². The quantitative estimate of drug-likeness (QED) is 0.274. The van der Waals surface area contributed by atoms with Gasteiger partial charge in [-0.25, -0.2) is 4.79 Å². The summed E-state index contributed by atoms with van der Waals surface area (Å²) in [5, 5.41) is 25.7. The van der Waals surface area contributed by atoms with Gasteiger partial charge in [-0.05, 0) is 39.3 Å². The number of carbonyl (C=O) groups excluding carboxylic acids is 4. The van der Waals surface area contributed by atoms with Crippen LogP contribution in [0.25, 0.3) is 0 Å². The lowest BCUT2D eigenvalue weighted by atomic mass is 9.99. The summed E-state index contributed by atoms with van der Waals surface area (Å²) in [6, 6.07) is 12.4. The van der Waals surface area contributed by atoms with Gasteiger partial charge in [0.1, 0.15) is 23.4 Å². The number of phenols is 1. The molecule has 11 nitrogen and oxygen atoms in total. The van der Waals surface area contributed by atoms with Crippen molar-refractivity contribution in [2.45, 2.75) is 58.2 Å². The number of para-hydroxylation sites is 1. The first kappa shape index (κ1) is 32.1. The van der Waals surface area contributed by atoms with E-state index in [1.165, 1.54) is 12.1 Å². The molecule has 0 aliphatic rings. The largest absolute Gasteiger partial charge is 0.508 e. The fourth-order valence-electron chi connectivity index (χ4n) is 3.96. The predicted molar refractivity (Wildman–Crippen MR) is 147 cm³/mol. The van der Waals surface area contributed by atoms with Crippen LogP contribution in [0.4, 0.5) is 4.79 Å². The third-order valence-corrected chi connectivity index (χ3v) is 5.62. The molecule has 11 heteroatoms. The molecule has 0 aromatic heterocycles. The van der Waals surface area contributed by atoms with Crippen molar-refractivity contribution in [3.8, 4) is 5.75 Å². The molecule has 0 radical (unpaired) electrons. The van der Waals surface area contributed by atoms with Crippen LogP contribution in [0.3, 0.4) is 0 Å². The average Bonchev–Trinajstić information content (AvgIpc) is 2.88. The van der Waals surface area contributed by atoms with E-state index < -0.39 is 48.2 Å². The van der Waals surface area contributed by atoms with Crippen LogP contribution < -0.4 is 10.6 Å². The predicted octanol–water partition coefficient (Wildman–Crippen LogP) is 2.46. The van der Waals surface area contributed by atoms with Gasteiger partial charge in [0.25, 0.3) is 0 Å². The highest BCUT2D eigenvalue weighted by atomic mass is 16.6. The molecular weight excluding hydrogens is 518 g/mol. The Morgan fingerprint density at radius 2 is 1.65 bits per heavy atom. The summed E-state index contributed by atoms with van der Waals surface area (Å²) in [6.07, 6.45) is -0.861. The summed E-state index contributed by atoms with van der Waals surface area (Å²) in [6.45, 7) is 6.06. The van der Waals surface area contributed by atoms with Crippen LogP contribution in [0.5, 0.6) is 5.75 Å². The van der Waals surface area contributed by atoms with Crippen molar-refractivity contribution >= 4 is 23.9 Å². The lowest BCUT2D eigenvalue weighted by Gasteiger charge is -2.34. The van der Waals surface area contributed by atoms with Gasteiger partial charge in [0.05, 0.1) is 19.6 Å². The molecule has 0 heterocycles. The lowest BCUT2D eigenvalue weighted by molar-refractivity contribution is -0.144. The van der Waals surface area contributed by atoms with E-state index in [1.807, 2.05) is 6.07 Å². The van der Waals surface area contributed by atoms with Gasteiger partial charge in [0.15, 0.2) is 0 Å². The van der Waals surface area contributed by atoms with Crippen LogP contribution in [0.1, 0.15) is 51.3 Å². The molecule has 2 aromatic rings. The van der Waals surface area contributed by atoms with Gasteiger partial charge in [-0.3, -0.25) is 14.4 Å². The second-order valence-electron chi connectivity index (χ2n) is 9.95. The highest BCUT2D eigenvalue weighted by molar-refractivity contribution is 5.92. The molecule has 0 saturated carbocycles. The molecule has 2 rings (SSSR count). The van der Waals surface area contributed by atoms with Gasteiger partial charge in [-0.1, -0.05) is 48.5 Å². The first-order chi connectivity index (χ1) is 19.0. The fraction of sp³-hybridized carbons (Fsp3) is 0.448. The summed E-state index contributed by atoms with van der Waals surface area (Å²) >= 11 is 0. The number of amides is 3. The van der Waals surface area contributed by atoms with Crippen molar-refractivity contribution in [1.29, 1.82) is 0 Å². The number of hydrogen-bond acceptors (Lipinski definition) is 8. The van der Waals surface area contributed by atoms with E-state index in [0.29, 0.717) is 0 Å². The van der Waals surface area contributed by atoms with E-state index in [-0.39, 0.29) is 43.9 Å². The molecule has 2 unspecified atom stereocenters. The lowest BCUT2D eigenvalue weighted by Crippen LogP contribution is -2.54. The van der Waals surface area contributed by atoms with E-state index in [2.05, 4.69) is 10.6 Å². The van der Waals surface area contributed by atoms with E-state index in [0.717, 1.165) is 10.5 Å². The van der Waals surface area contributed by atoms with Crippen molar-refractivity contribution in [2.75, 3.05) is 26.3 Å². The molecule has 0 aliphatic carbocycles. The Labute approximate surface area is 234 Å². The van der Waals surface area contributed by atoms with Crippen LogP contribution in [0.2, 0.25) is 0 Å². The van der Waals surface area contributed by atoms with Crippen LogP contribution in [0.15, 0.2) is 54.6 Å². The molecule has 0 bridgehead atoms. The molecule has 0 spiro atoms. The molecule has 218 valence electrons. The number of esters is 1. The molecule has 2 aromatic carbocycles. The highest BCUT2D eigenvalue weighted by Crippen LogP contribution is 2.30. The number of alkyl carbamates (subject to hydrolysis) is 1. The first-order valence-electron chi connectivity index (χ1n) is 13.1. The molecule has 3 amide bonds. The number of nitrogens with one attached hydrogen (secondary N) is 2. The molecule has 4 N–H and O–H groups in total. The normalized spacial score (nSPS) is 12.5. The Hall–Kier alpha value is -4.12. The number of carbonyl (C=O) groups is 4. The number of rotatable bonds is 13. The molecule has 40 heavy (non-hydrogen) atoms. The maximum atomic E-state index is 14.0. The highest BCUT2D eigenvalue weighted by Gasteiger charge is 2.37. The summed E-state index contributed by atoms with van der Waals surface area (Å²) in [5.74, 6) is -2.13. The number of phenolic OH excluding ortho intramolecular Hbond substituents is 1. The Morgan fingerprint density at radius 3 is 2.25 bits per heavy atom. The maximum Gasteiger partial charge on any atom is 0.408 e. The van der Waals surface area contributed by atoms with E-state index >= 15 is 0 Å². The Bertz CT molecular complexity index is 1130. The smallest absolute Gasteiger partial charge is 0.408 e. The summed E-state index contributed by atoms with van der Waals surface area (Å²) in [5.41, 5.74) is 0.0133. The molecular formula is C29H39N3O8. The van der Waals surface area contributed by atoms with Crippen LogP contribution in [-0.4, -0.2) is 76.9 Å². The number of ether oxygens (including phenoxy) is 2. The topological polar surface area (TPSA) is 154 Å². The van der Waals surface area contributed by atoms with Crippen molar-refractivity contribution in [3.05, 3.63) is 65.7 Å². The number of aromatic hydroxyl groups is 1. The summed E-state index contributed by atoms with van der Waals surface area (Å²) < 4.78 is 10.3. The van der Waals surface area contributed by atoms with Crippen LogP contribution >= 0.6 is 0 Å². The fourth-order valence-corrected chi connectivity index (χ4v) is 3.96. The Kier molecular flexibility index (Phi) is 12.4. The maximum absolute atomic E-state index is 14.0. The molecule has 0 aliphatic heterocycles. The third kappa shape index (κ3) is 10.2. The minimum atomic E-state index is -1.39. The first-order valence-corrected chi connectivity index (χ1v) is 13.1. The van der Waals surface area contributed by atoms with Crippen molar-refractivity contribution < 1.29 is 38.9 Å². The van der Waals surface area contributed by atoms with Gasteiger partial charge in [0.2, 0.25) is 11.8 Å². The zero-order valence-electron chi connectivity index (χ0n) is 23.4. The second kappa shape index (κ2) is 15.5. The van der Waals surface area contributed by atoms with Gasteiger partial charge < -0.3 is 35.2 Å². The van der Waals surface area contributed by atoms with E-state index in [4.69, 9.17) is 9.47 Å². The van der Waals surface area contributed by atoms with Crippen LogP contribution in [0, 0.1) is 0 Å².